The van der Waals surface area contributed by atoms with Crippen molar-refractivity contribution >= 4 is 11.3 Å². The van der Waals surface area contributed by atoms with Crippen LogP contribution < -0.4 is 5.69 Å². The van der Waals surface area contributed by atoms with Gasteiger partial charge in [-0.1, -0.05) is 0 Å². The molecule has 0 spiro atoms. The lowest BCUT2D eigenvalue weighted by atomic mass is 10.2. The van der Waals surface area contributed by atoms with Crippen molar-refractivity contribution in [2.24, 2.45) is 0 Å². The van der Waals surface area contributed by atoms with Crippen molar-refractivity contribution in [3.05, 3.63) is 28.0 Å². The number of hydrogen-bond acceptors (Lipinski definition) is 6. The van der Waals surface area contributed by atoms with E-state index in [1.165, 1.54) is 20.7 Å². The molecule has 3 rings (SSSR count). The number of thiophene rings is 1. The van der Waals surface area contributed by atoms with Gasteiger partial charge in [0.25, 0.3) is 0 Å². The molecule has 1 saturated heterocycles. The van der Waals surface area contributed by atoms with Crippen LogP contribution in [0.3, 0.4) is 0 Å². The van der Waals surface area contributed by atoms with Gasteiger partial charge in [-0.05, 0) is 41.8 Å². The fourth-order valence-corrected chi connectivity index (χ4v) is 3.15. The summed E-state index contributed by atoms with van der Waals surface area (Å²) in [7, 11) is 0. The summed E-state index contributed by atoms with van der Waals surface area (Å²) < 4.78 is 8.40. The van der Waals surface area contributed by atoms with Gasteiger partial charge in [0.15, 0.2) is 0 Å². The summed E-state index contributed by atoms with van der Waals surface area (Å²) in [6, 6.07) is 3.74. The maximum atomic E-state index is 12.3. The van der Waals surface area contributed by atoms with Crippen LogP contribution in [0.15, 0.2) is 22.3 Å². The van der Waals surface area contributed by atoms with E-state index < -0.39 is 0 Å². The highest BCUT2D eigenvalue weighted by Gasteiger charge is 2.23. The number of tetrazole rings is 1. The van der Waals surface area contributed by atoms with Crippen molar-refractivity contribution in [2.45, 2.75) is 32.7 Å². The average molecular weight is 295 g/mol. The van der Waals surface area contributed by atoms with Crippen LogP contribution in [-0.2, 0) is 11.4 Å². The van der Waals surface area contributed by atoms with Gasteiger partial charge in [0.2, 0.25) is 0 Å². The van der Waals surface area contributed by atoms with Crippen molar-refractivity contribution in [3.8, 4) is 5.00 Å². The fraction of sp³-hybridized carbons (Fsp3) is 0.583. The lowest BCUT2D eigenvalue weighted by Gasteiger charge is -2.34. The van der Waals surface area contributed by atoms with Crippen LogP contribution >= 0.6 is 11.3 Å². The van der Waals surface area contributed by atoms with Crippen LogP contribution in [0.25, 0.3) is 5.00 Å². The first-order valence-electron chi connectivity index (χ1n) is 6.58. The Morgan fingerprint density at radius 2 is 2.10 bits per heavy atom. The Morgan fingerprint density at radius 1 is 1.35 bits per heavy atom. The average Bonchev–Trinajstić information content (AvgIpc) is 2.99. The lowest BCUT2D eigenvalue weighted by molar-refractivity contribution is -0.0779. The molecule has 0 amide bonds. The Labute approximate surface area is 120 Å². The molecule has 0 N–H and O–H groups in total. The molecule has 3 heterocycles. The Morgan fingerprint density at radius 3 is 2.75 bits per heavy atom. The number of morpholine rings is 1. The van der Waals surface area contributed by atoms with Crippen molar-refractivity contribution in [2.75, 3.05) is 13.1 Å². The summed E-state index contributed by atoms with van der Waals surface area (Å²) in [5, 5.41) is 10.6. The molecule has 20 heavy (non-hydrogen) atoms. The predicted octanol–water partition coefficient (Wildman–Crippen LogP) is 0.557. The van der Waals surface area contributed by atoms with Gasteiger partial charge in [-0.3, -0.25) is 4.90 Å². The highest BCUT2D eigenvalue weighted by atomic mass is 32.1. The summed E-state index contributed by atoms with van der Waals surface area (Å²) in [5.41, 5.74) is -0.209. The second-order valence-electron chi connectivity index (χ2n) is 5.06. The van der Waals surface area contributed by atoms with Crippen molar-refractivity contribution in [1.82, 2.24) is 24.7 Å². The van der Waals surface area contributed by atoms with Crippen LogP contribution in [0.1, 0.15) is 13.8 Å². The van der Waals surface area contributed by atoms with E-state index in [-0.39, 0.29) is 17.9 Å². The molecule has 0 aromatic carbocycles. The van der Waals surface area contributed by atoms with Gasteiger partial charge in [-0.15, -0.1) is 11.3 Å². The van der Waals surface area contributed by atoms with E-state index in [4.69, 9.17) is 4.74 Å². The van der Waals surface area contributed by atoms with E-state index in [0.717, 1.165) is 18.1 Å². The molecule has 0 radical (unpaired) electrons. The third-order valence-corrected chi connectivity index (χ3v) is 4.03. The van der Waals surface area contributed by atoms with E-state index in [9.17, 15) is 4.79 Å². The quantitative estimate of drug-likeness (QED) is 0.828. The second kappa shape index (κ2) is 5.47. The van der Waals surface area contributed by atoms with Gasteiger partial charge in [-0.25, -0.2) is 4.79 Å². The normalized spacial score (nSPS) is 24.1. The molecule has 8 heteroatoms. The monoisotopic (exact) mass is 295 g/mol. The summed E-state index contributed by atoms with van der Waals surface area (Å²) >= 11 is 1.46. The van der Waals surface area contributed by atoms with Crippen molar-refractivity contribution < 1.29 is 4.74 Å². The van der Waals surface area contributed by atoms with Crippen LogP contribution in [0.2, 0.25) is 0 Å². The molecule has 2 aromatic rings. The molecule has 7 nitrogen and oxygen atoms in total. The summed E-state index contributed by atoms with van der Waals surface area (Å²) in [6.07, 6.45) is 0.337. The van der Waals surface area contributed by atoms with E-state index in [2.05, 4.69) is 15.3 Å². The number of rotatable bonds is 3. The third kappa shape index (κ3) is 2.67. The first-order valence-corrected chi connectivity index (χ1v) is 7.46. The van der Waals surface area contributed by atoms with Crippen LogP contribution in [0, 0.1) is 0 Å². The third-order valence-electron chi connectivity index (χ3n) is 3.18. The highest BCUT2D eigenvalue weighted by molar-refractivity contribution is 7.12. The maximum absolute atomic E-state index is 12.3. The number of aromatic nitrogens is 4. The molecule has 108 valence electrons. The summed E-state index contributed by atoms with van der Waals surface area (Å²) in [5.74, 6) is 0. The number of nitrogens with zero attached hydrogens (tertiary/aromatic N) is 5. The largest absolute Gasteiger partial charge is 0.373 e. The van der Waals surface area contributed by atoms with Crippen LogP contribution in [0.4, 0.5) is 0 Å². The Hall–Kier alpha value is -1.51. The molecule has 0 aliphatic carbocycles. The summed E-state index contributed by atoms with van der Waals surface area (Å²) in [6.45, 7) is 6.11. The first kappa shape index (κ1) is 13.5. The zero-order chi connectivity index (χ0) is 14.1. The molecular weight excluding hydrogens is 278 g/mol. The minimum absolute atomic E-state index is 0.168. The smallest absolute Gasteiger partial charge is 0.370 e. The minimum Gasteiger partial charge on any atom is -0.373 e. The zero-order valence-electron chi connectivity index (χ0n) is 11.5. The number of hydrogen-bond donors (Lipinski definition) is 0. The van der Waals surface area contributed by atoms with Gasteiger partial charge in [0.1, 0.15) is 11.7 Å². The zero-order valence-corrected chi connectivity index (χ0v) is 12.3. The standard InChI is InChI=1S/C12H17N5O2S/c1-9-6-15(7-10(2)19-9)8-16-12(18)17(14-13-16)11-4-3-5-20-11/h3-5,9-10H,6-8H2,1-2H3/t9-,10+. The van der Waals surface area contributed by atoms with E-state index in [0.29, 0.717) is 6.67 Å². The minimum atomic E-state index is -0.209. The molecule has 0 bridgehead atoms. The topological polar surface area (TPSA) is 65.2 Å². The molecular formula is C12H17N5O2S. The van der Waals surface area contributed by atoms with Gasteiger partial charge in [0, 0.05) is 13.1 Å². The van der Waals surface area contributed by atoms with Crippen molar-refractivity contribution in [3.63, 3.8) is 0 Å². The highest BCUT2D eigenvalue weighted by Crippen LogP contribution is 2.12. The molecule has 1 aliphatic rings. The molecule has 1 fully saturated rings. The molecule has 1 aliphatic heterocycles. The Kier molecular flexibility index (Phi) is 3.68. The predicted molar refractivity (Wildman–Crippen MR) is 75.1 cm³/mol. The van der Waals surface area contributed by atoms with Crippen LogP contribution in [-0.4, -0.2) is 50.0 Å². The van der Waals surface area contributed by atoms with Gasteiger partial charge < -0.3 is 4.74 Å². The second-order valence-corrected chi connectivity index (χ2v) is 5.98. The maximum Gasteiger partial charge on any atom is 0.370 e. The SMILES string of the molecule is C[C@@H]1CN(Cn2nnn(-c3cccs3)c2=O)C[C@H](C)O1. The van der Waals surface area contributed by atoms with Gasteiger partial charge in [-0.2, -0.15) is 9.36 Å². The first-order chi connectivity index (χ1) is 9.63. The Bertz CT molecular complexity index is 610. The molecule has 0 unspecified atom stereocenters. The van der Waals surface area contributed by atoms with E-state index in [1.54, 1.807) is 0 Å². The number of ether oxygens (including phenoxy) is 1. The molecule has 2 aromatic heterocycles. The van der Waals surface area contributed by atoms with Crippen molar-refractivity contribution in [1.29, 1.82) is 0 Å². The Balaban J connectivity index is 1.77. The fourth-order valence-electron chi connectivity index (χ4n) is 2.48. The lowest BCUT2D eigenvalue weighted by Crippen LogP contribution is -2.47. The van der Waals surface area contributed by atoms with Gasteiger partial charge >= 0.3 is 5.69 Å². The molecule has 2 atom stereocenters. The van der Waals surface area contributed by atoms with Gasteiger partial charge in [0.05, 0.1) is 12.2 Å². The summed E-state index contributed by atoms with van der Waals surface area (Å²) in [4.78, 5) is 14.4. The molecule has 0 saturated carbocycles. The van der Waals surface area contributed by atoms with E-state index in [1.807, 2.05) is 31.4 Å². The van der Waals surface area contributed by atoms with Crippen LogP contribution in [0.5, 0.6) is 0 Å². The van der Waals surface area contributed by atoms with E-state index >= 15 is 0 Å².